The first-order valence-corrected chi connectivity index (χ1v) is 8.16. The highest BCUT2D eigenvalue weighted by Crippen LogP contribution is 2.13. The van der Waals surface area contributed by atoms with Crippen molar-refractivity contribution in [2.75, 3.05) is 0 Å². The summed E-state index contributed by atoms with van der Waals surface area (Å²) in [4.78, 5) is 4.32. The Morgan fingerprint density at radius 3 is 1.68 bits per heavy atom. The molecule has 0 aliphatic heterocycles. The van der Waals surface area contributed by atoms with Gasteiger partial charge < -0.3 is 4.74 Å². The van der Waals surface area contributed by atoms with Crippen LogP contribution in [0.1, 0.15) is 91.4 Å². The second-order valence-electron chi connectivity index (χ2n) is 5.69. The molecule has 3 heteroatoms. The van der Waals surface area contributed by atoms with E-state index < -0.39 is 6.29 Å². The van der Waals surface area contributed by atoms with Gasteiger partial charge in [0.25, 0.3) is 0 Å². The van der Waals surface area contributed by atoms with Crippen molar-refractivity contribution in [2.24, 2.45) is 0 Å². The van der Waals surface area contributed by atoms with Crippen LogP contribution in [0, 0.1) is 0 Å². The molecule has 0 bridgehead atoms. The zero-order valence-electron chi connectivity index (χ0n) is 13.2. The second-order valence-corrected chi connectivity index (χ2v) is 5.69. The Kier molecular flexibility index (Phi) is 14.2. The summed E-state index contributed by atoms with van der Waals surface area (Å²) in [5.41, 5.74) is 0. The lowest BCUT2D eigenvalue weighted by Gasteiger charge is -2.16. The van der Waals surface area contributed by atoms with E-state index in [0.717, 1.165) is 12.8 Å². The van der Waals surface area contributed by atoms with Crippen molar-refractivity contribution >= 4 is 0 Å². The quantitative estimate of drug-likeness (QED) is 0.196. The summed E-state index contributed by atoms with van der Waals surface area (Å²) in [6, 6.07) is 0. The van der Waals surface area contributed by atoms with Crippen LogP contribution in [0.3, 0.4) is 0 Å². The molecule has 0 radical (unpaired) electrons. The Morgan fingerprint density at radius 1 is 0.789 bits per heavy atom. The molecule has 0 spiro atoms. The van der Waals surface area contributed by atoms with Crippen molar-refractivity contribution in [1.82, 2.24) is 0 Å². The fraction of sp³-hybridized carbons (Fsp3) is 1.00. The van der Waals surface area contributed by atoms with Gasteiger partial charge in [-0.25, -0.2) is 10.1 Å². The summed E-state index contributed by atoms with van der Waals surface area (Å²) in [6.07, 6.45) is 13.6. The van der Waals surface area contributed by atoms with E-state index >= 15 is 0 Å². The Bertz CT molecular complexity index is 171. The minimum Gasteiger partial charge on any atom is -0.347 e. The van der Waals surface area contributed by atoms with Crippen molar-refractivity contribution in [3.05, 3.63) is 0 Å². The minimum absolute atomic E-state index is 0.0975. The molecule has 0 aromatic carbocycles. The maximum absolute atomic E-state index is 8.69. The lowest BCUT2D eigenvalue weighted by molar-refractivity contribution is -0.353. The molecule has 1 N–H and O–H groups in total. The van der Waals surface area contributed by atoms with Gasteiger partial charge in [0.2, 0.25) is 0 Å². The number of ether oxygens (including phenoxy) is 1. The summed E-state index contributed by atoms with van der Waals surface area (Å²) in [6.45, 7) is 6.15. The largest absolute Gasteiger partial charge is 0.347 e. The molecule has 0 aliphatic carbocycles. The van der Waals surface area contributed by atoms with E-state index in [1.807, 2.05) is 13.8 Å². The van der Waals surface area contributed by atoms with Gasteiger partial charge in [-0.15, -0.1) is 0 Å². The molecule has 0 saturated heterocycles. The van der Waals surface area contributed by atoms with Crippen molar-refractivity contribution in [3.8, 4) is 0 Å². The maximum Gasteiger partial charge on any atom is 0.191 e. The zero-order valence-corrected chi connectivity index (χ0v) is 13.2. The highest BCUT2D eigenvalue weighted by atomic mass is 17.1. The van der Waals surface area contributed by atoms with Gasteiger partial charge in [-0.3, -0.25) is 0 Å². The fourth-order valence-corrected chi connectivity index (χ4v) is 2.25. The topological polar surface area (TPSA) is 38.7 Å². The van der Waals surface area contributed by atoms with Gasteiger partial charge in [0, 0.05) is 6.42 Å². The molecule has 0 rings (SSSR count). The SMILES string of the molecule is CCCCCCCCCCCCC(OO)OC(C)C. The summed E-state index contributed by atoms with van der Waals surface area (Å²) >= 11 is 0. The van der Waals surface area contributed by atoms with Crippen molar-refractivity contribution in [2.45, 2.75) is 104 Å². The molecule has 0 aliphatic rings. The van der Waals surface area contributed by atoms with Gasteiger partial charge in [-0.05, 0) is 20.3 Å². The molecule has 0 fully saturated rings. The maximum atomic E-state index is 8.69. The lowest BCUT2D eigenvalue weighted by atomic mass is 10.1. The molecule has 1 unspecified atom stereocenters. The van der Waals surface area contributed by atoms with E-state index in [9.17, 15) is 0 Å². The third kappa shape index (κ3) is 14.1. The summed E-state index contributed by atoms with van der Waals surface area (Å²) in [5.74, 6) is 0. The third-order valence-corrected chi connectivity index (χ3v) is 3.33. The Hall–Kier alpha value is -0.120. The highest BCUT2D eigenvalue weighted by Gasteiger charge is 2.10. The van der Waals surface area contributed by atoms with Crippen LogP contribution in [0.5, 0.6) is 0 Å². The van der Waals surface area contributed by atoms with Crippen LogP contribution in [-0.2, 0) is 9.62 Å². The third-order valence-electron chi connectivity index (χ3n) is 3.33. The second kappa shape index (κ2) is 14.3. The van der Waals surface area contributed by atoms with E-state index in [1.165, 1.54) is 57.8 Å². The monoisotopic (exact) mass is 274 g/mol. The normalized spacial score (nSPS) is 13.1. The van der Waals surface area contributed by atoms with Crippen molar-refractivity contribution in [1.29, 1.82) is 0 Å². The summed E-state index contributed by atoms with van der Waals surface area (Å²) in [5, 5.41) is 8.69. The molecular formula is C16H34O3. The first-order chi connectivity index (χ1) is 9.20. The van der Waals surface area contributed by atoms with E-state index in [1.54, 1.807) is 0 Å². The Morgan fingerprint density at radius 2 is 1.26 bits per heavy atom. The molecule has 0 aromatic heterocycles. The van der Waals surface area contributed by atoms with Gasteiger partial charge >= 0.3 is 0 Å². The molecule has 19 heavy (non-hydrogen) atoms. The van der Waals surface area contributed by atoms with Crippen molar-refractivity contribution in [3.63, 3.8) is 0 Å². The Labute approximate surface area is 119 Å². The predicted molar refractivity (Wildman–Crippen MR) is 80.2 cm³/mol. The number of rotatable bonds is 14. The van der Waals surface area contributed by atoms with Gasteiger partial charge in [-0.1, -0.05) is 64.7 Å². The average molecular weight is 274 g/mol. The van der Waals surface area contributed by atoms with Crippen LogP contribution < -0.4 is 0 Å². The van der Waals surface area contributed by atoms with Crippen molar-refractivity contribution < 1.29 is 14.9 Å². The molecule has 0 aromatic rings. The molecule has 3 nitrogen and oxygen atoms in total. The zero-order chi connectivity index (χ0) is 14.3. The summed E-state index contributed by atoms with van der Waals surface area (Å²) < 4.78 is 5.41. The number of hydrogen-bond acceptors (Lipinski definition) is 3. The van der Waals surface area contributed by atoms with Crippen LogP contribution in [0.25, 0.3) is 0 Å². The van der Waals surface area contributed by atoms with Crippen LogP contribution in [0.15, 0.2) is 0 Å². The molecule has 0 heterocycles. The molecular weight excluding hydrogens is 240 g/mol. The van der Waals surface area contributed by atoms with E-state index in [4.69, 9.17) is 9.99 Å². The van der Waals surface area contributed by atoms with E-state index in [0.29, 0.717) is 0 Å². The Balaban J connectivity index is 3.21. The molecule has 116 valence electrons. The number of unbranched alkanes of at least 4 members (excludes halogenated alkanes) is 9. The van der Waals surface area contributed by atoms with E-state index in [-0.39, 0.29) is 6.10 Å². The molecule has 0 saturated carbocycles. The van der Waals surface area contributed by atoms with Gasteiger partial charge in [0.05, 0.1) is 6.10 Å². The predicted octanol–water partition coefficient (Wildman–Crippen LogP) is 5.54. The standard InChI is InChI=1S/C16H34O3/c1-4-5-6-7-8-9-10-11-12-13-14-16(19-17)18-15(2)3/h15-17H,4-14H2,1-3H3. The van der Waals surface area contributed by atoms with E-state index in [2.05, 4.69) is 11.8 Å². The van der Waals surface area contributed by atoms with Gasteiger partial charge in [0.1, 0.15) is 0 Å². The lowest BCUT2D eigenvalue weighted by Crippen LogP contribution is -2.19. The summed E-state index contributed by atoms with van der Waals surface area (Å²) in [7, 11) is 0. The van der Waals surface area contributed by atoms with Crippen LogP contribution >= 0.6 is 0 Å². The number of hydrogen-bond donors (Lipinski definition) is 1. The van der Waals surface area contributed by atoms with Gasteiger partial charge in [0.15, 0.2) is 6.29 Å². The molecule has 1 atom stereocenters. The van der Waals surface area contributed by atoms with Crippen LogP contribution in [0.4, 0.5) is 0 Å². The minimum atomic E-state index is -0.450. The van der Waals surface area contributed by atoms with Crippen LogP contribution in [0.2, 0.25) is 0 Å². The average Bonchev–Trinajstić information content (AvgIpc) is 2.39. The first-order valence-electron chi connectivity index (χ1n) is 8.16. The fourth-order valence-electron chi connectivity index (χ4n) is 2.25. The van der Waals surface area contributed by atoms with Crippen LogP contribution in [-0.4, -0.2) is 17.7 Å². The smallest absolute Gasteiger partial charge is 0.191 e. The highest BCUT2D eigenvalue weighted by molar-refractivity contribution is 4.51. The van der Waals surface area contributed by atoms with Gasteiger partial charge in [-0.2, -0.15) is 0 Å². The first kappa shape index (κ1) is 18.9. The molecule has 0 amide bonds.